The first-order chi connectivity index (χ1) is 9.73. The van der Waals surface area contributed by atoms with Crippen LogP contribution in [0.4, 0.5) is 6.01 Å². The lowest BCUT2D eigenvalue weighted by Gasteiger charge is -2.04. The molecule has 1 saturated heterocycles. The van der Waals surface area contributed by atoms with Gasteiger partial charge in [-0.15, -0.1) is 0 Å². The largest absolute Gasteiger partial charge is 0.428 e. The third-order valence-corrected chi connectivity index (χ3v) is 3.24. The Bertz CT molecular complexity index is 689. The Hall–Kier alpha value is -2.37. The zero-order valence-corrected chi connectivity index (χ0v) is 13.0. The smallest absolute Gasteiger partial charge is 0.347 e. The predicted octanol–water partition coefficient (Wildman–Crippen LogP) is 2.24. The van der Waals surface area contributed by atoms with Gasteiger partial charge in [-0.2, -0.15) is 4.98 Å². The van der Waals surface area contributed by atoms with E-state index < -0.39 is 11.9 Å². The van der Waals surface area contributed by atoms with Crippen molar-refractivity contribution in [3.05, 3.63) is 28.2 Å². The Morgan fingerprint density at radius 2 is 1.62 bits per heavy atom. The van der Waals surface area contributed by atoms with E-state index in [1.54, 1.807) is 32.6 Å². The number of hydrogen-bond donors (Lipinski definition) is 0. The highest BCUT2D eigenvalue weighted by Gasteiger charge is 2.37. The van der Waals surface area contributed by atoms with E-state index in [1.165, 1.54) is 0 Å². The van der Waals surface area contributed by atoms with Crippen LogP contribution in [0.15, 0.2) is 21.1 Å². The quantitative estimate of drug-likeness (QED) is 0.472. The summed E-state index contributed by atoms with van der Waals surface area (Å²) in [6.07, 6.45) is 0. The summed E-state index contributed by atoms with van der Waals surface area (Å²) in [5.41, 5.74) is 2.44. The number of esters is 2. The molecular formula is C15H18N2O4. The number of hydrogen-bond acceptors (Lipinski definition) is 6. The molecule has 112 valence electrons. The third kappa shape index (κ3) is 2.49. The topological polar surface area (TPSA) is 72.6 Å². The van der Waals surface area contributed by atoms with Crippen LogP contribution in [0.3, 0.4) is 0 Å². The van der Waals surface area contributed by atoms with Crippen molar-refractivity contribution in [1.82, 2.24) is 4.98 Å². The Morgan fingerprint density at radius 1 is 1.05 bits per heavy atom. The van der Waals surface area contributed by atoms with E-state index in [2.05, 4.69) is 4.98 Å². The minimum absolute atomic E-state index is 0.265. The lowest BCUT2D eigenvalue weighted by Crippen LogP contribution is -2.08. The van der Waals surface area contributed by atoms with Crippen LogP contribution in [0.2, 0.25) is 0 Å². The molecule has 1 aliphatic heterocycles. The molecule has 0 radical (unpaired) electrons. The summed E-state index contributed by atoms with van der Waals surface area (Å²) in [6.45, 7) is 7.04. The van der Waals surface area contributed by atoms with Crippen molar-refractivity contribution < 1.29 is 18.7 Å². The summed E-state index contributed by atoms with van der Waals surface area (Å²) in [5, 5.41) is 0. The standard InChI is InChI=1S/C15H18N2O4/c1-7(2)10-11(14(19)21-13(10)18)8(3)12-9(4)20-15(16-12)17(5)6/h1-6H3. The summed E-state index contributed by atoms with van der Waals surface area (Å²) in [5.74, 6) is -0.658. The van der Waals surface area contributed by atoms with Crippen LogP contribution in [0.1, 0.15) is 32.2 Å². The van der Waals surface area contributed by atoms with Gasteiger partial charge in [-0.05, 0) is 33.3 Å². The van der Waals surface area contributed by atoms with Gasteiger partial charge in [0.2, 0.25) is 0 Å². The van der Waals surface area contributed by atoms with E-state index in [0.29, 0.717) is 28.6 Å². The second-order valence-electron chi connectivity index (χ2n) is 5.35. The molecule has 0 saturated carbocycles. The van der Waals surface area contributed by atoms with Crippen molar-refractivity contribution >= 4 is 23.5 Å². The Balaban J connectivity index is 2.65. The van der Waals surface area contributed by atoms with Crippen LogP contribution < -0.4 is 4.90 Å². The van der Waals surface area contributed by atoms with Gasteiger partial charge < -0.3 is 14.1 Å². The van der Waals surface area contributed by atoms with Crippen molar-refractivity contribution in [2.45, 2.75) is 27.7 Å². The molecule has 0 atom stereocenters. The molecule has 0 unspecified atom stereocenters. The Kier molecular flexibility index (Phi) is 3.72. The second-order valence-corrected chi connectivity index (χ2v) is 5.35. The van der Waals surface area contributed by atoms with Gasteiger partial charge in [0, 0.05) is 14.1 Å². The highest BCUT2D eigenvalue weighted by molar-refractivity contribution is 6.22. The highest BCUT2D eigenvalue weighted by atomic mass is 16.6. The van der Waals surface area contributed by atoms with Crippen LogP contribution >= 0.6 is 0 Å². The average molecular weight is 290 g/mol. The van der Waals surface area contributed by atoms with Crippen LogP contribution in [-0.2, 0) is 14.3 Å². The summed E-state index contributed by atoms with van der Waals surface area (Å²) in [4.78, 5) is 29.8. The van der Waals surface area contributed by atoms with E-state index >= 15 is 0 Å². The number of rotatable bonds is 2. The number of nitrogens with zero attached hydrogens (tertiary/aromatic N) is 2. The molecule has 0 amide bonds. The minimum Gasteiger partial charge on any atom is -0.428 e. The van der Waals surface area contributed by atoms with Crippen molar-refractivity contribution in [2.24, 2.45) is 0 Å². The number of allylic oxidation sites excluding steroid dienone is 2. The molecule has 2 rings (SSSR count). The maximum absolute atomic E-state index is 12.0. The number of cyclic esters (lactones) is 2. The van der Waals surface area contributed by atoms with Crippen LogP contribution in [0.25, 0.3) is 5.57 Å². The number of ether oxygens (including phenoxy) is 1. The van der Waals surface area contributed by atoms with E-state index in [9.17, 15) is 9.59 Å². The van der Waals surface area contributed by atoms with E-state index in [0.717, 1.165) is 5.57 Å². The summed E-state index contributed by atoms with van der Waals surface area (Å²) in [6, 6.07) is 0.443. The summed E-state index contributed by atoms with van der Waals surface area (Å²) < 4.78 is 10.3. The van der Waals surface area contributed by atoms with E-state index in [1.807, 2.05) is 14.1 Å². The fourth-order valence-corrected chi connectivity index (χ4v) is 2.23. The SMILES string of the molecule is CC(C)=C1C(=O)OC(=O)C1=C(C)c1nc(N(C)C)oc1C. The van der Waals surface area contributed by atoms with E-state index in [4.69, 9.17) is 9.15 Å². The van der Waals surface area contributed by atoms with Gasteiger partial charge in [-0.3, -0.25) is 0 Å². The minimum atomic E-state index is -0.637. The molecule has 0 bridgehead atoms. The normalized spacial score (nSPS) is 17.1. The van der Waals surface area contributed by atoms with Crippen LogP contribution in [0.5, 0.6) is 0 Å². The van der Waals surface area contributed by atoms with E-state index in [-0.39, 0.29) is 5.57 Å². The molecular weight excluding hydrogens is 272 g/mol. The fraction of sp³-hybridized carbons (Fsp3) is 0.400. The van der Waals surface area contributed by atoms with Gasteiger partial charge in [-0.25, -0.2) is 9.59 Å². The van der Waals surface area contributed by atoms with Crippen molar-refractivity contribution in [1.29, 1.82) is 0 Å². The van der Waals surface area contributed by atoms with Crippen LogP contribution in [0, 0.1) is 6.92 Å². The van der Waals surface area contributed by atoms with Crippen molar-refractivity contribution in [2.75, 3.05) is 19.0 Å². The van der Waals surface area contributed by atoms with Gasteiger partial charge in [0.15, 0.2) is 0 Å². The molecule has 1 aromatic rings. The number of anilines is 1. The molecule has 6 heteroatoms. The maximum atomic E-state index is 12.0. The zero-order valence-electron chi connectivity index (χ0n) is 13.0. The number of carbonyl (C=O) groups is 2. The van der Waals surface area contributed by atoms with Gasteiger partial charge in [0.25, 0.3) is 6.01 Å². The number of aryl methyl sites for hydroxylation is 1. The Morgan fingerprint density at radius 3 is 2.10 bits per heavy atom. The fourth-order valence-electron chi connectivity index (χ4n) is 2.23. The Labute approximate surface area is 123 Å². The molecule has 1 aromatic heterocycles. The molecule has 1 aliphatic rings. The lowest BCUT2D eigenvalue weighted by atomic mass is 9.97. The lowest BCUT2D eigenvalue weighted by molar-refractivity contribution is -0.149. The first-order valence-corrected chi connectivity index (χ1v) is 6.54. The van der Waals surface area contributed by atoms with Gasteiger partial charge in [-0.1, -0.05) is 5.57 Å². The first kappa shape index (κ1) is 15.0. The first-order valence-electron chi connectivity index (χ1n) is 6.54. The molecule has 0 spiro atoms. The third-order valence-electron chi connectivity index (χ3n) is 3.24. The monoisotopic (exact) mass is 290 g/mol. The molecule has 0 aliphatic carbocycles. The predicted molar refractivity (Wildman–Crippen MR) is 77.6 cm³/mol. The van der Waals surface area contributed by atoms with Gasteiger partial charge in [0.1, 0.15) is 11.5 Å². The van der Waals surface area contributed by atoms with Gasteiger partial charge >= 0.3 is 11.9 Å². The highest BCUT2D eigenvalue weighted by Crippen LogP contribution is 2.33. The molecule has 2 heterocycles. The maximum Gasteiger partial charge on any atom is 0.347 e. The molecule has 0 N–H and O–H groups in total. The average Bonchev–Trinajstić information content (AvgIpc) is 2.89. The second kappa shape index (κ2) is 5.20. The van der Waals surface area contributed by atoms with Gasteiger partial charge in [0.05, 0.1) is 11.1 Å². The zero-order chi connectivity index (χ0) is 15.9. The molecule has 6 nitrogen and oxygen atoms in total. The van der Waals surface area contributed by atoms with Crippen molar-refractivity contribution in [3.8, 4) is 0 Å². The number of carbonyl (C=O) groups excluding carboxylic acids is 2. The molecule has 1 fully saturated rings. The molecule has 0 aromatic carbocycles. The number of oxazole rings is 1. The summed E-state index contributed by atoms with van der Waals surface area (Å²) >= 11 is 0. The summed E-state index contributed by atoms with van der Waals surface area (Å²) in [7, 11) is 3.62. The van der Waals surface area contributed by atoms with Crippen LogP contribution in [-0.4, -0.2) is 31.0 Å². The molecule has 21 heavy (non-hydrogen) atoms. The number of aromatic nitrogens is 1. The van der Waals surface area contributed by atoms with Crippen molar-refractivity contribution in [3.63, 3.8) is 0 Å².